The second kappa shape index (κ2) is 7.68. The van der Waals surface area contributed by atoms with Crippen LogP contribution >= 0.6 is 11.6 Å². The summed E-state index contributed by atoms with van der Waals surface area (Å²) in [5.41, 5.74) is 0.757. The van der Waals surface area contributed by atoms with Crippen molar-refractivity contribution in [1.82, 2.24) is 4.90 Å². The quantitative estimate of drug-likeness (QED) is 0.854. The summed E-state index contributed by atoms with van der Waals surface area (Å²) >= 11 is 5.90. The van der Waals surface area contributed by atoms with E-state index in [9.17, 15) is 13.2 Å². The van der Waals surface area contributed by atoms with E-state index in [0.717, 1.165) is 12.8 Å². The van der Waals surface area contributed by atoms with Crippen molar-refractivity contribution < 1.29 is 13.2 Å². The molecule has 1 fully saturated rings. The molecule has 0 saturated carbocycles. The molecule has 138 valence electrons. The third-order valence-electron chi connectivity index (χ3n) is 4.41. The van der Waals surface area contributed by atoms with Gasteiger partial charge in [-0.15, -0.1) is 0 Å². The molecule has 0 aromatic heterocycles. The molecular formula is C19H21ClN2O3S. The Morgan fingerprint density at radius 1 is 1.19 bits per heavy atom. The average Bonchev–Trinajstić information content (AvgIpc) is 2.61. The molecule has 0 spiro atoms. The predicted octanol–water partition coefficient (Wildman–Crippen LogP) is 4.01. The van der Waals surface area contributed by atoms with Gasteiger partial charge in [-0.3, -0.25) is 9.52 Å². The van der Waals surface area contributed by atoms with E-state index in [1.165, 1.54) is 18.2 Å². The Bertz CT molecular complexity index is 915. The van der Waals surface area contributed by atoms with Crippen LogP contribution in [0.4, 0.5) is 5.69 Å². The fourth-order valence-electron chi connectivity index (χ4n) is 3.12. The molecule has 1 aliphatic heterocycles. The van der Waals surface area contributed by atoms with E-state index in [1.807, 2.05) is 0 Å². The summed E-state index contributed by atoms with van der Waals surface area (Å²) in [7, 11) is -3.81. The Kier molecular flexibility index (Phi) is 5.53. The number of benzene rings is 2. The third kappa shape index (κ3) is 4.37. The van der Waals surface area contributed by atoms with Crippen LogP contribution in [0.3, 0.4) is 0 Å². The van der Waals surface area contributed by atoms with Gasteiger partial charge in [0.25, 0.3) is 15.9 Å². The fraction of sp³-hybridized carbons (Fsp3) is 0.316. The molecule has 5 nitrogen and oxygen atoms in total. The first-order valence-electron chi connectivity index (χ1n) is 8.53. The number of rotatable bonds is 4. The molecule has 1 heterocycles. The van der Waals surface area contributed by atoms with Crippen molar-refractivity contribution in [2.45, 2.75) is 24.7 Å². The molecule has 1 amide bonds. The van der Waals surface area contributed by atoms with Crippen LogP contribution in [0.1, 0.15) is 30.1 Å². The van der Waals surface area contributed by atoms with Crippen LogP contribution in [0.25, 0.3) is 0 Å². The molecule has 2 aromatic carbocycles. The lowest BCUT2D eigenvalue weighted by atomic mass is 9.99. The zero-order chi connectivity index (χ0) is 18.7. The molecular weight excluding hydrogens is 372 g/mol. The second-order valence-corrected chi connectivity index (χ2v) is 8.76. The largest absolute Gasteiger partial charge is 0.338 e. The van der Waals surface area contributed by atoms with Gasteiger partial charge < -0.3 is 4.90 Å². The zero-order valence-corrected chi connectivity index (χ0v) is 16.1. The minimum absolute atomic E-state index is 0.0494. The highest BCUT2D eigenvalue weighted by Gasteiger charge is 2.23. The van der Waals surface area contributed by atoms with E-state index >= 15 is 0 Å². The summed E-state index contributed by atoms with van der Waals surface area (Å²) in [6.45, 7) is 3.53. The molecule has 0 aliphatic carbocycles. The maximum Gasteiger partial charge on any atom is 0.261 e. The first-order valence-corrected chi connectivity index (χ1v) is 10.4. The Hall–Kier alpha value is -2.05. The molecule has 7 heteroatoms. The number of amides is 1. The average molecular weight is 393 g/mol. The molecule has 26 heavy (non-hydrogen) atoms. The van der Waals surface area contributed by atoms with Gasteiger partial charge in [-0.05, 0) is 55.2 Å². The number of nitrogens with zero attached hydrogens (tertiary/aromatic N) is 1. The van der Waals surface area contributed by atoms with Gasteiger partial charge in [0.2, 0.25) is 0 Å². The van der Waals surface area contributed by atoms with Gasteiger partial charge in [-0.25, -0.2) is 8.42 Å². The summed E-state index contributed by atoms with van der Waals surface area (Å²) < 4.78 is 27.8. The number of anilines is 1. The maximum absolute atomic E-state index is 12.7. The Labute approximate surface area is 159 Å². The third-order valence-corrected chi connectivity index (χ3v) is 6.03. The van der Waals surface area contributed by atoms with Crippen LogP contribution in [0.15, 0.2) is 53.4 Å². The van der Waals surface area contributed by atoms with Gasteiger partial charge in [0, 0.05) is 23.7 Å². The Morgan fingerprint density at radius 3 is 2.69 bits per heavy atom. The topological polar surface area (TPSA) is 66.5 Å². The Balaban J connectivity index is 1.83. The maximum atomic E-state index is 12.7. The Morgan fingerprint density at radius 2 is 1.96 bits per heavy atom. The highest BCUT2D eigenvalue weighted by Crippen LogP contribution is 2.22. The monoisotopic (exact) mass is 392 g/mol. The smallest absolute Gasteiger partial charge is 0.261 e. The van der Waals surface area contributed by atoms with Gasteiger partial charge in [0.05, 0.1) is 10.6 Å². The molecule has 1 N–H and O–H groups in total. The van der Waals surface area contributed by atoms with Gasteiger partial charge in [-0.1, -0.05) is 30.7 Å². The lowest BCUT2D eigenvalue weighted by molar-refractivity contribution is 0.0683. The van der Waals surface area contributed by atoms with Crippen LogP contribution in [0, 0.1) is 5.92 Å². The molecule has 1 saturated heterocycles. The van der Waals surface area contributed by atoms with E-state index in [1.54, 1.807) is 35.2 Å². The normalized spacial score (nSPS) is 17.8. The van der Waals surface area contributed by atoms with Crippen LogP contribution in [-0.2, 0) is 10.0 Å². The van der Waals surface area contributed by atoms with Crippen LogP contribution in [-0.4, -0.2) is 32.3 Å². The van der Waals surface area contributed by atoms with Crippen LogP contribution in [0.2, 0.25) is 5.02 Å². The molecule has 2 aromatic rings. The summed E-state index contributed by atoms with van der Waals surface area (Å²) in [5, 5.41) is 0.438. The fourth-order valence-corrected chi connectivity index (χ4v) is 4.40. The van der Waals surface area contributed by atoms with E-state index < -0.39 is 10.0 Å². The minimum Gasteiger partial charge on any atom is -0.338 e. The second-order valence-electron chi connectivity index (χ2n) is 6.64. The van der Waals surface area contributed by atoms with Gasteiger partial charge >= 0.3 is 0 Å². The number of hydrogen-bond acceptors (Lipinski definition) is 3. The number of sulfonamides is 1. The molecule has 1 atom stereocenters. The standard InChI is InChI=1S/C19H21ClN2O3S/c1-14-5-4-10-22(13-14)19(23)15-6-2-9-18(11-15)26(24,25)21-17-8-3-7-16(20)12-17/h2-3,6-9,11-12,14,21H,4-5,10,13H2,1H3. The van der Waals surface area contributed by atoms with Crippen molar-refractivity contribution in [3.05, 3.63) is 59.1 Å². The van der Waals surface area contributed by atoms with Crippen LogP contribution in [0.5, 0.6) is 0 Å². The van der Waals surface area contributed by atoms with Gasteiger partial charge in [-0.2, -0.15) is 0 Å². The van der Waals surface area contributed by atoms with Crippen molar-refractivity contribution in [1.29, 1.82) is 0 Å². The van der Waals surface area contributed by atoms with Crippen molar-refractivity contribution in [2.24, 2.45) is 5.92 Å². The highest BCUT2D eigenvalue weighted by atomic mass is 35.5. The summed E-state index contributed by atoms with van der Waals surface area (Å²) in [6, 6.07) is 12.6. The predicted molar refractivity (Wildman–Crippen MR) is 103 cm³/mol. The number of piperidine rings is 1. The first-order chi connectivity index (χ1) is 12.3. The van der Waals surface area contributed by atoms with E-state index in [2.05, 4.69) is 11.6 Å². The molecule has 0 radical (unpaired) electrons. The lowest BCUT2D eigenvalue weighted by Crippen LogP contribution is -2.39. The zero-order valence-electron chi connectivity index (χ0n) is 14.5. The molecule has 0 bridgehead atoms. The van der Waals surface area contributed by atoms with E-state index in [-0.39, 0.29) is 10.8 Å². The molecule has 1 aliphatic rings. The van der Waals surface area contributed by atoms with Gasteiger partial charge in [0.15, 0.2) is 0 Å². The highest BCUT2D eigenvalue weighted by molar-refractivity contribution is 7.92. The van der Waals surface area contributed by atoms with Gasteiger partial charge in [0.1, 0.15) is 0 Å². The van der Waals surface area contributed by atoms with E-state index in [0.29, 0.717) is 35.3 Å². The molecule has 3 rings (SSSR count). The van der Waals surface area contributed by atoms with Crippen molar-refractivity contribution in [3.8, 4) is 0 Å². The van der Waals surface area contributed by atoms with Crippen molar-refractivity contribution in [3.63, 3.8) is 0 Å². The lowest BCUT2D eigenvalue weighted by Gasteiger charge is -2.31. The van der Waals surface area contributed by atoms with E-state index in [4.69, 9.17) is 11.6 Å². The number of carbonyl (C=O) groups is 1. The SMILES string of the molecule is CC1CCCN(C(=O)c2cccc(S(=O)(=O)Nc3cccc(Cl)c3)c2)C1. The molecule has 1 unspecified atom stereocenters. The number of hydrogen-bond donors (Lipinski definition) is 1. The first kappa shape index (κ1) is 18.7. The van der Waals surface area contributed by atoms with Crippen molar-refractivity contribution >= 4 is 33.2 Å². The van der Waals surface area contributed by atoms with Crippen molar-refractivity contribution in [2.75, 3.05) is 17.8 Å². The number of halogens is 1. The summed E-state index contributed by atoms with van der Waals surface area (Å²) in [4.78, 5) is 14.6. The summed E-state index contributed by atoms with van der Waals surface area (Å²) in [6.07, 6.45) is 2.09. The number of carbonyl (C=O) groups excluding carboxylic acids is 1. The minimum atomic E-state index is -3.81. The summed E-state index contributed by atoms with van der Waals surface area (Å²) in [5.74, 6) is 0.334. The van der Waals surface area contributed by atoms with Crippen LogP contribution < -0.4 is 4.72 Å². The number of nitrogens with one attached hydrogen (secondary N) is 1. The number of likely N-dealkylation sites (tertiary alicyclic amines) is 1.